The highest BCUT2D eigenvalue weighted by Gasteiger charge is 2.20. The van der Waals surface area contributed by atoms with Crippen LogP contribution in [-0.4, -0.2) is 47.6 Å². The summed E-state index contributed by atoms with van der Waals surface area (Å²) in [7, 11) is 2.16. The molecule has 2 rings (SSSR count). The average molecular weight is 221 g/mol. The Morgan fingerprint density at radius 2 is 2.19 bits per heavy atom. The van der Waals surface area contributed by atoms with Gasteiger partial charge < -0.3 is 15.5 Å². The van der Waals surface area contributed by atoms with Gasteiger partial charge in [-0.05, 0) is 26.9 Å². The summed E-state index contributed by atoms with van der Waals surface area (Å²) in [6.45, 7) is 5.42. The molecule has 1 atom stereocenters. The summed E-state index contributed by atoms with van der Waals surface area (Å²) < 4.78 is 0. The molecule has 0 saturated carbocycles. The third-order valence-electron chi connectivity index (χ3n) is 2.98. The second kappa shape index (κ2) is 4.65. The molecular weight excluding hydrogens is 202 g/mol. The lowest BCUT2D eigenvalue weighted by Gasteiger charge is -2.28. The summed E-state index contributed by atoms with van der Waals surface area (Å²) in [4.78, 5) is 13.1. The van der Waals surface area contributed by atoms with E-state index in [1.807, 2.05) is 0 Å². The Morgan fingerprint density at radius 1 is 1.38 bits per heavy atom. The molecule has 2 N–H and O–H groups in total. The minimum absolute atomic E-state index is 0.448. The van der Waals surface area contributed by atoms with Gasteiger partial charge in [-0.1, -0.05) is 0 Å². The Morgan fingerprint density at radius 3 is 2.94 bits per heavy atom. The Kier molecular flexibility index (Phi) is 3.24. The molecule has 1 saturated heterocycles. The summed E-state index contributed by atoms with van der Waals surface area (Å²) in [5, 5.41) is 0. The van der Waals surface area contributed by atoms with Crippen LogP contribution >= 0.6 is 0 Å². The van der Waals surface area contributed by atoms with Gasteiger partial charge in [-0.2, -0.15) is 0 Å². The number of aromatic nitrogens is 2. The topological polar surface area (TPSA) is 58.3 Å². The molecule has 2 heterocycles. The van der Waals surface area contributed by atoms with E-state index in [0.29, 0.717) is 11.9 Å². The number of anilines is 2. The predicted molar refractivity (Wildman–Crippen MR) is 65.4 cm³/mol. The van der Waals surface area contributed by atoms with E-state index in [0.717, 1.165) is 31.9 Å². The monoisotopic (exact) mass is 221 g/mol. The molecule has 1 aromatic heterocycles. The molecule has 5 nitrogen and oxygen atoms in total. The highest BCUT2D eigenvalue weighted by atomic mass is 15.3. The second-order valence-electron chi connectivity index (χ2n) is 4.46. The van der Waals surface area contributed by atoms with E-state index in [-0.39, 0.29) is 0 Å². The van der Waals surface area contributed by atoms with Gasteiger partial charge >= 0.3 is 0 Å². The van der Waals surface area contributed by atoms with Crippen LogP contribution in [0.5, 0.6) is 0 Å². The number of hydrogen-bond acceptors (Lipinski definition) is 5. The van der Waals surface area contributed by atoms with Crippen LogP contribution in [0.3, 0.4) is 0 Å². The van der Waals surface area contributed by atoms with Crippen LogP contribution in [0.4, 0.5) is 11.6 Å². The first-order valence-corrected chi connectivity index (χ1v) is 5.69. The molecular formula is C11H19N5. The van der Waals surface area contributed by atoms with Gasteiger partial charge in [-0.25, -0.2) is 4.98 Å². The van der Waals surface area contributed by atoms with Crippen molar-refractivity contribution in [2.24, 2.45) is 0 Å². The summed E-state index contributed by atoms with van der Waals surface area (Å²) in [5.41, 5.74) is 5.67. The number of likely N-dealkylation sites (N-methyl/N-ethyl adjacent to an activating group) is 1. The summed E-state index contributed by atoms with van der Waals surface area (Å²) in [5.74, 6) is 1.38. The van der Waals surface area contributed by atoms with Gasteiger partial charge in [0, 0.05) is 19.1 Å². The van der Waals surface area contributed by atoms with Crippen LogP contribution in [0.25, 0.3) is 0 Å². The molecule has 0 aromatic carbocycles. The molecule has 0 amide bonds. The van der Waals surface area contributed by atoms with E-state index in [9.17, 15) is 0 Å². The minimum Gasteiger partial charge on any atom is -0.382 e. The third-order valence-corrected chi connectivity index (χ3v) is 2.98. The molecule has 16 heavy (non-hydrogen) atoms. The second-order valence-corrected chi connectivity index (χ2v) is 4.46. The fourth-order valence-electron chi connectivity index (χ4n) is 2.22. The molecule has 0 radical (unpaired) electrons. The van der Waals surface area contributed by atoms with E-state index in [1.165, 1.54) is 0 Å². The van der Waals surface area contributed by atoms with Crippen LogP contribution in [0.1, 0.15) is 13.3 Å². The molecule has 88 valence electrons. The maximum absolute atomic E-state index is 5.67. The molecule has 1 aromatic rings. The van der Waals surface area contributed by atoms with Crippen LogP contribution in [-0.2, 0) is 0 Å². The van der Waals surface area contributed by atoms with Crippen molar-refractivity contribution in [2.45, 2.75) is 19.4 Å². The zero-order valence-corrected chi connectivity index (χ0v) is 9.93. The lowest BCUT2D eigenvalue weighted by molar-refractivity contribution is 0.337. The maximum atomic E-state index is 5.67. The maximum Gasteiger partial charge on any atom is 0.149 e. The minimum atomic E-state index is 0.448. The van der Waals surface area contributed by atoms with E-state index in [4.69, 9.17) is 5.73 Å². The molecule has 0 aliphatic carbocycles. The van der Waals surface area contributed by atoms with Gasteiger partial charge in [0.1, 0.15) is 11.6 Å². The number of nitrogens with zero attached hydrogens (tertiary/aromatic N) is 4. The number of nitrogens with two attached hydrogens (primary N) is 1. The smallest absolute Gasteiger partial charge is 0.149 e. The number of nitrogen functional groups attached to an aromatic ring is 1. The fraction of sp³-hybridized carbons (Fsp3) is 0.636. The van der Waals surface area contributed by atoms with Crippen molar-refractivity contribution in [1.82, 2.24) is 14.9 Å². The molecule has 0 spiro atoms. The van der Waals surface area contributed by atoms with Gasteiger partial charge in [0.15, 0.2) is 0 Å². The third kappa shape index (κ3) is 2.41. The molecule has 1 aliphatic rings. The fourth-order valence-corrected chi connectivity index (χ4v) is 2.22. The van der Waals surface area contributed by atoms with Crippen LogP contribution in [0.15, 0.2) is 12.4 Å². The standard InChI is InChI=1S/C11H19N5/c1-9-8-15(2)4-3-5-16(9)11-7-13-6-10(12)14-11/h6-7,9H,3-5,8H2,1-2H3,(H2,12,14). The lowest BCUT2D eigenvalue weighted by Crippen LogP contribution is -2.38. The normalized spacial score (nSPS) is 23.1. The largest absolute Gasteiger partial charge is 0.382 e. The zero-order chi connectivity index (χ0) is 11.5. The SMILES string of the molecule is CC1CN(C)CCCN1c1cncc(N)n1. The van der Waals surface area contributed by atoms with Crippen molar-refractivity contribution < 1.29 is 0 Å². The van der Waals surface area contributed by atoms with Crippen molar-refractivity contribution in [3.05, 3.63) is 12.4 Å². The Labute approximate surface area is 96.3 Å². The molecule has 1 unspecified atom stereocenters. The highest BCUT2D eigenvalue weighted by molar-refractivity contribution is 5.42. The van der Waals surface area contributed by atoms with Crippen molar-refractivity contribution in [2.75, 3.05) is 37.3 Å². The van der Waals surface area contributed by atoms with E-state index in [1.54, 1.807) is 12.4 Å². The molecule has 1 aliphatic heterocycles. The summed E-state index contributed by atoms with van der Waals surface area (Å²) >= 11 is 0. The predicted octanol–water partition coefficient (Wildman–Crippen LogP) is 0.589. The van der Waals surface area contributed by atoms with Crippen LogP contribution < -0.4 is 10.6 Å². The lowest BCUT2D eigenvalue weighted by atomic mass is 10.3. The first-order valence-electron chi connectivity index (χ1n) is 5.69. The average Bonchev–Trinajstić information content (AvgIpc) is 2.39. The van der Waals surface area contributed by atoms with E-state index in [2.05, 4.69) is 33.7 Å². The Hall–Kier alpha value is -1.36. The Bertz CT molecular complexity index is 354. The van der Waals surface area contributed by atoms with Crippen molar-refractivity contribution in [3.8, 4) is 0 Å². The van der Waals surface area contributed by atoms with Crippen LogP contribution in [0, 0.1) is 0 Å². The Balaban J connectivity index is 2.19. The van der Waals surface area contributed by atoms with Gasteiger partial charge in [-0.15, -0.1) is 0 Å². The quantitative estimate of drug-likeness (QED) is 0.752. The van der Waals surface area contributed by atoms with E-state index < -0.39 is 0 Å². The van der Waals surface area contributed by atoms with Crippen molar-refractivity contribution in [1.29, 1.82) is 0 Å². The molecule has 5 heteroatoms. The first-order chi connectivity index (χ1) is 7.66. The van der Waals surface area contributed by atoms with Gasteiger partial charge in [0.25, 0.3) is 0 Å². The highest BCUT2D eigenvalue weighted by Crippen LogP contribution is 2.17. The van der Waals surface area contributed by atoms with E-state index >= 15 is 0 Å². The molecule has 0 bridgehead atoms. The number of hydrogen-bond donors (Lipinski definition) is 1. The first kappa shape index (κ1) is 11.1. The molecule has 1 fully saturated rings. The number of rotatable bonds is 1. The van der Waals surface area contributed by atoms with Crippen molar-refractivity contribution >= 4 is 11.6 Å². The van der Waals surface area contributed by atoms with Gasteiger partial charge in [-0.3, -0.25) is 4.98 Å². The van der Waals surface area contributed by atoms with Gasteiger partial charge in [0.05, 0.1) is 12.4 Å². The van der Waals surface area contributed by atoms with Crippen LogP contribution in [0.2, 0.25) is 0 Å². The summed E-state index contributed by atoms with van der Waals surface area (Å²) in [6.07, 6.45) is 4.52. The summed E-state index contributed by atoms with van der Waals surface area (Å²) in [6, 6.07) is 0.448. The van der Waals surface area contributed by atoms with Gasteiger partial charge in [0.2, 0.25) is 0 Å². The zero-order valence-electron chi connectivity index (χ0n) is 9.93. The van der Waals surface area contributed by atoms with Crippen molar-refractivity contribution in [3.63, 3.8) is 0 Å².